The summed E-state index contributed by atoms with van der Waals surface area (Å²) >= 11 is 0.768. The highest BCUT2D eigenvalue weighted by molar-refractivity contribution is 7.15. The molecule has 2 N–H and O–H groups in total. The molecule has 0 aromatic carbocycles. The Bertz CT molecular complexity index is 548. The first-order valence-corrected chi connectivity index (χ1v) is 6.28. The molecule has 0 aliphatic carbocycles. The summed E-state index contributed by atoms with van der Waals surface area (Å²) < 4.78 is 29.8. The van der Waals surface area contributed by atoms with Crippen LogP contribution < -0.4 is 10.9 Å². The maximum Gasteiger partial charge on any atom is 0.291 e. The number of anilines is 2. The zero-order chi connectivity index (χ0) is 14.0. The minimum absolute atomic E-state index is 0.154. The second-order valence-corrected chi connectivity index (χ2v) is 5.83. The van der Waals surface area contributed by atoms with E-state index in [4.69, 9.17) is 4.52 Å². The van der Waals surface area contributed by atoms with Gasteiger partial charge in [0.15, 0.2) is 10.8 Å². The number of nitrogens with one attached hydrogen (secondary N) is 2. The summed E-state index contributed by atoms with van der Waals surface area (Å²) in [6, 6.07) is 1.72. The molecule has 9 heteroatoms. The van der Waals surface area contributed by atoms with Gasteiger partial charge in [-0.3, -0.25) is 10.9 Å². The Labute approximate surface area is 112 Å². The van der Waals surface area contributed by atoms with Crippen molar-refractivity contribution in [3.05, 3.63) is 16.8 Å². The molecule has 104 valence electrons. The number of hydrogen-bond donors (Lipinski definition) is 2. The smallest absolute Gasteiger partial charge is 0.291 e. The molecule has 0 aliphatic heterocycles. The van der Waals surface area contributed by atoms with Gasteiger partial charge in [-0.15, -0.1) is 10.2 Å². The molecule has 2 rings (SSSR count). The van der Waals surface area contributed by atoms with Crippen molar-refractivity contribution in [2.75, 3.05) is 10.9 Å². The summed E-state index contributed by atoms with van der Waals surface area (Å²) in [4.78, 5) is 0. The van der Waals surface area contributed by atoms with Crippen molar-refractivity contribution in [2.45, 2.75) is 32.6 Å². The highest BCUT2D eigenvalue weighted by Gasteiger charge is 2.20. The average molecular weight is 289 g/mol. The molecular weight excluding hydrogens is 276 g/mol. The average Bonchev–Trinajstić information content (AvgIpc) is 2.95. The number of hydrogen-bond acceptors (Lipinski definition) is 7. The van der Waals surface area contributed by atoms with Crippen LogP contribution in [0.25, 0.3) is 0 Å². The molecule has 0 bridgehead atoms. The van der Waals surface area contributed by atoms with E-state index in [1.165, 1.54) is 0 Å². The highest BCUT2D eigenvalue weighted by Crippen LogP contribution is 2.26. The van der Waals surface area contributed by atoms with E-state index in [-0.39, 0.29) is 15.6 Å². The van der Waals surface area contributed by atoms with Crippen LogP contribution in [0.3, 0.4) is 0 Å². The molecule has 0 aliphatic rings. The van der Waals surface area contributed by atoms with Crippen LogP contribution in [-0.4, -0.2) is 15.4 Å². The van der Waals surface area contributed by atoms with Crippen LogP contribution in [0.5, 0.6) is 0 Å². The molecule has 0 saturated carbocycles. The predicted octanol–water partition coefficient (Wildman–Crippen LogP) is 3.20. The van der Waals surface area contributed by atoms with Crippen molar-refractivity contribution in [2.24, 2.45) is 0 Å². The Balaban J connectivity index is 1.96. The summed E-state index contributed by atoms with van der Waals surface area (Å²) in [5.74, 6) is 1.15. The van der Waals surface area contributed by atoms with Gasteiger partial charge in [-0.05, 0) is 0 Å². The highest BCUT2D eigenvalue weighted by atomic mass is 32.1. The van der Waals surface area contributed by atoms with Gasteiger partial charge in [0.2, 0.25) is 5.13 Å². The molecule has 0 amide bonds. The van der Waals surface area contributed by atoms with E-state index in [0.717, 1.165) is 11.3 Å². The van der Waals surface area contributed by atoms with Gasteiger partial charge < -0.3 is 4.52 Å². The standard InChI is InChI=1S/C10H13F2N5OS/c1-10(2,3)5-4-6(17-18-5)13-15-9-16-14-8(19-9)7(11)12/h4,7H,1-3H3,(H,13,17)(H,15,16). The normalized spacial score (nSPS) is 11.9. The van der Waals surface area contributed by atoms with Gasteiger partial charge in [0.05, 0.1) is 0 Å². The molecule has 0 radical (unpaired) electrons. The lowest BCUT2D eigenvalue weighted by atomic mass is 9.93. The van der Waals surface area contributed by atoms with Gasteiger partial charge in [-0.25, -0.2) is 8.78 Å². The van der Waals surface area contributed by atoms with Crippen LogP contribution in [0.4, 0.5) is 19.7 Å². The minimum atomic E-state index is -2.62. The van der Waals surface area contributed by atoms with E-state index in [0.29, 0.717) is 11.6 Å². The Morgan fingerprint density at radius 1 is 1.26 bits per heavy atom. The molecule has 6 nitrogen and oxygen atoms in total. The van der Waals surface area contributed by atoms with E-state index in [1.807, 2.05) is 20.8 Å². The Morgan fingerprint density at radius 2 is 2.00 bits per heavy atom. The molecule has 0 unspecified atom stereocenters. The Morgan fingerprint density at radius 3 is 2.53 bits per heavy atom. The number of halogens is 2. The van der Waals surface area contributed by atoms with Crippen molar-refractivity contribution < 1.29 is 13.3 Å². The maximum absolute atomic E-state index is 12.3. The number of rotatable bonds is 4. The predicted molar refractivity (Wildman–Crippen MR) is 67.3 cm³/mol. The van der Waals surface area contributed by atoms with E-state index < -0.39 is 6.43 Å². The van der Waals surface area contributed by atoms with Crippen LogP contribution in [0.15, 0.2) is 10.6 Å². The van der Waals surface area contributed by atoms with Crippen LogP contribution in [0, 0.1) is 0 Å². The first kappa shape index (κ1) is 13.7. The van der Waals surface area contributed by atoms with Gasteiger partial charge in [0.25, 0.3) is 6.43 Å². The second-order valence-electron chi connectivity index (χ2n) is 4.82. The Hall–Kier alpha value is -1.77. The second kappa shape index (κ2) is 5.08. The van der Waals surface area contributed by atoms with E-state index in [1.54, 1.807) is 6.07 Å². The number of nitrogens with zero attached hydrogens (tertiary/aromatic N) is 3. The zero-order valence-electron chi connectivity index (χ0n) is 10.6. The fourth-order valence-corrected chi connectivity index (χ4v) is 1.73. The van der Waals surface area contributed by atoms with Crippen molar-refractivity contribution in [1.82, 2.24) is 15.4 Å². The molecule has 19 heavy (non-hydrogen) atoms. The molecule has 2 heterocycles. The summed E-state index contributed by atoms with van der Waals surface area (Å²) in [7, 11) is 0. The molecule has 0 atom stereocenters. The fraction of sp³-hybridized carbons (Fsp3) is 0.500. The van der Waals surface area contributed by atoms with Crippen LogP contribution in [0.1, 0.15) is 38.0 Å². The van der Waals surface area contributed by atoms with Crippen LogP contribution in [0.2, 0.25) is 0 Å². The van der Waals surface area contributed by atoms with Gasteiger partial charge in [-0.1, -0.05) is 37.3 Å². The number of hydrazine groups is 1. The molecule has 0 fully saturated rings. The van der Waals surface area contributed by atoms with Gasteiger partial charge >= 0.3 is 0 Å². The van der Waals surface area contributed by atoms with E-state index in [9.17, 15) is 8.78 Å². The molecule has 2 aromatic rings. The third-order valence-electron chi connectivity index (χ3n) is 2.17. The zero-order valence-corrected chi connectivity index (χ0v) is 11.4. The topological polar surface area (TPSA) is 75.9 Å². The third kappa shape index (κ3) is 3.37. The molecule has 2 aromatic heterocycles. The Kier molecular flexibility index (Phi) is 3.65. The van der Waals surface area contributed by atoms with Crippen LogP contribution in [-0.2, 0) is 5.41 Å². The molecule has 0 saturated heterocycles. The van der Waals surface area contributed by atoms with Crippen LogP contribution >= 0.6 is 11.3 Å². The molecular formula is C10H13F2N5OS. The SMILES string of the molecule is CC(C)(C)c1cc(NNc2nnc(C(F)F)s2)no1. The van der Waals surface area contributed by atoms with E-state index >= 15 is 0 Å². The fourth-order valence-electron chi connectivity index (χ4n) is 1.18. The lowest BCUT2D eigenvalue weighted by Crippen LogP contribution is -2.10. The minimum Gasteiger partial charge on any atom is -0.359 e. The lowest BCUT2D eigenvalue weighted by Gasteiger charge is -2.12. The first-order valence-electron chi connectivity index (χ1n) is 5.47. The summed E-state index contributed by atoms with van der Waals surface area (Å²) in [5, 5.41) is 10.6. The van der Waals surface area contributed by atoms with E-state index in [2.05, 4.69) is 26.2 Å². The quantitative estimate of drug-likeness (QED) is 0.842. The summed E-state index contributed by atoms with van der Waals surface area (Å²) in [5.41, 5.74) is 5.20. The largest absolute Gasteiger partial charge is 0.359 e. The number of aromatic nitrogens is 3. The monoisotopic (exact) mass is 289 g/mol. The summed E-state index contributed by atoms with van der Waals surface area (Å²) in [6.07, 6.45) is -2.62. The molecule has 0 spiro atoms. The third-order valence-corrected chi connectivity index (χ3v) is 3.02. The van der Waals surface area contributed by atoms with Crippen molar-refractivity contribution in [3.63, 3.8) is 0 Å². The van der Waals surface area contributed by atoms with Gasteiger partial charge in [-0.2, -0.15) is 0 Å². The summed E-state index contributed by atoms with van der Waals surface area (Å²) in [6.45, 7) is 5.97. The maximum atomic E-state index is 12.3. The lowest BCUT2D eigenvalue weighted by molar-refractivity contribution is 0.150. The van der Waals surface area contributed by atoms with Crippen molar-refractivity contribution >= 4 is 22.3 Å². The van der Waals surface area contributed by atoms with Crippen molar-refractivity contribution in [1.29, 1.82) is 0 Å². The van der Waals surface area contributed by atoms with Crippen molar-refractivity contribution in [3.8, 4) is 0 Å². The van der Waals surface area contributed by atoms with Gasteiger partial charge in [0.1, 0.15) is 5.76 Å². The van der Waals surface area contributed by atoms with Gasteiger partial charge in [0, 0.05) is 11.5 Å². The number of alkyl halides is 2. The first-order chi connectivity index (χ1) is 8.86.